The molecule has 0 radical (unpaired) electrons. The van der Waals surface area contributed by atoms with Crippen LogP contribution in [0.4, 0.5) is 0 Å². The zero-order valence-electron chi connectivity index (χ0n) is 7.92. The number of nitrogens with zero attached hydrogens (tertiary/aromatic N) is 1. The van der Waals surface area contributed by atoms with Crippen LogP contribution in [0.1, 0.15) is 39.5 Å². The first-order chi connectivity index (χ1) is 5.72. The first-order valence-corrected chi connectivity index (χ1v) is 5.04. The third kappa shape index (κ3) is 1.13. The van der Waals surface area contributed by atoms with Gasteiger partial charge in [-0.15, -0.1) is 0 Å². The van der Waals surface area contributed by atoms with Gasteiger partial charge >= 0.3 is 0 Å². The number of hydrogen-bond donors (Lipinski definition) is 0. The maximum atomic E-state index is 11.6. The van der Waals surface area contributed by atoms with Crippen molar-refractivity contribution in [2.75, 3.05) is 0 Å². The Balaban J connectivity index is 1.96. The summed E-state index contributed by atoms with van der Waals surface area (Å²) in [6, 6.07) is 1.27. The fraction of sp³-hybridized carbons (Fsp3) is 0.900. The van der Waals surface area contributed by atoms with E-state index in [1.165, 1.54) is 25.7 Å². The molecule has 0 aromatic rings. The molecule has 0 aromatic heterocycles. The summed E-state index contributed by atoms with van der Waals surface area (Å²) in [5, 5.41) is 0. The predicted molar refractivity (Wildman–Crippen MR) is 47.7 cm³/mol. The molecule has 68 valence electrons. The van der Waals surface area contributed by atoms with Crippen LogP contribution in [-0.2, 0) is 4.79 Å². The van der Waals surface area contributed by atoms with Crippen LogP contribution >= 0.6 is 0 Å². The Bertz CT molecular complexity index is 188. The van der Waals surface area contributed by atoms with Crippen molar-refractivity contribution in [2.24, 2.45) is 5.92 Å². The van der Waals surface area contributed by atoms with E-state index in [2.05, 4.69) is 4.90 Å². The van der Waals surface area contributed by atoms with Crippen LogP contribution in [0, 0.1) is 5.92 Å². The molecule has 1 saturated carbocycles. The van der Waals surface area contributed by atoms with Gasteiger partial charge in [-0.2, -0.15) is 0 Å². The van der Waals surface area contributed by atoms with E-state index in [1.54, 1.807) is 0 Å². The molecule has 2 unspecified atom stereocenters. The summed E-state index contributed by atoms with van der Waals surface area (Å²) in [4.78, 5) is 13.7. The molecule has 0 spiro atoms. The number of rotatable bonds is 1. The molecule has 2 aliphatic rings. The van der Waals surface area contributed by atoms with Gasteiger partial charge in [0.25, 0.3) is 0 Å². The van der Waals surface area contributed by atoms with Crippen molar-refractivity contribution < 1.29 is 4.79 Å². The van der Waals surface area contributed by atoms with Gasteiger partial charge in [0.1, 0.15) is 0 Å². The fourth-order valence-corrected chi connectivity index (χ4v) is 2.33. The summed E-state index contributed by atoms with van der Waals surface area (Å²) in [5.74, 6) is 0.558. The lowest BCUT2D eigenvalue weighted by Gasteiger charge is -2.05. The molecular formula is C10H17NO. The molecule has 12 heavy (non-hydrogen) atoms. The quantitative estimate of drug-likeness (QED) is 0.545. The Morgan fingerprint density at radius 2 is 1.75 bits per heavy atom. The van der Waals surface area contributed by atoms with E-state index < -0.39 is 0 Å². The van der Waals surface area contributed by atoms with Crippen molar-refractivity contribution in [3.63, 3.8) is 0 Å². The van der Waals surface area contributed by atoms with Gasteiger partial charge in [-0.1, -0.05) is 26.7 Å². The number of amides is 1. The molecule has 1 aliphatic carbocycles. The summed E-state index contributed by atoms with van der Waals surface area (Å²) in [5.41, 5.74) is 0. The lowest BCUT2D eigenvalue weighted by molar-refractivity contribution is -0.129. The van der Waals surface area contributed by atoms with Crippen LogP contribution < -0.4 is 0 Å². The van der Waals surface area contributed by atoms with Crippen molar-refractivity contribution >= 4 is 5.91 Å². The van der Waals surface area contributed by atoms with Gasteiger partial charge in [0.15, 0.2) is 0 Å². The van der Waals surface area contributed by atoms with Gasteiger partial charge in [-0.05, 0) is 12.8 Å². The lowest BCUT2D eigenvalue weighted by atomic mass is 10.0. The van der Waals surface area contributed by atoms with E-state index in [-0.39, 0.29) is 5.92 Å². The Kier molecular flexibility index (Phi) is 1.85. The SMILES string of the molecule is CC(C)C(=O)N1C2CCCCC21. The molecule has 1 heterocycles. The molecule has 2 atom stereocenters. The van der Waals surface area contributed by atoms with E-state index in [0.717, 1.165) is 0 Å². The normalized spacial score (nSPS) is 33.4. The first kappa shape index (κ1) is 8.09. The molecule has 0 bridgehead atoms. The van der Waals surface area contributed by atoms with Crippen LogP contribution in [0.5, 0.6) is 0 Å². The summed E-state index contributed by atoms with van der Waals surface area (Å²) in [6.07, 6.45) is 5.15. The van der Waals surface area contributed by atoms with E-state index >= 15 is 0 Å². The molecule has 1 amide bonds. The van der Waals surface area contributed by atoms with Crippen LogP contribution in [0.15, 0.2) is 0 Å². The Morgan fingerprint density at radius 1 is 1.25 bits per heavy atom. The average Bonchev–Trinajstić information content (AvgIpc) is 2.76. The van der Waals surface area contributed by atoms with E-state index in [1.807, 2.05) is 13.8 Å². The molecule has 2 heteroatoms. The Morgan fingerprint density at radius 3 is 2.17 bits per heavy atom. The van der Waals surface area contributed by atoms with E-state index in [4.69, 9.17) is 0 Å². The average molecular weight is 167 g/mol. The maximum absolute atomic E-state index is 11.6. The highest BCUT2D eigenvalue weighted by Gasteiger charge is 2.51. The number of carbonyl (C=O) groups is 1. The van der Waals surface area contributed by atoms with E-state index in [9.17, 15) is 4.79 Å². The van der Waals surface area contributed by atoms with Crippen LogP contribution in [0.3, 0.4) is 0 Å². The van der Waals surface area contributed by atoms with E-state index in [0.29, 0.717) is 18.0 Å². The van der Waals surface area contributed by atoms with Crippen molar-refractivity contribution in [1.82, 2.24) is 4.90 Å². The fourth-order valence-electron chi connectivity index (χ4n) is 2.33. The van der Waals surface area contributed by atoms with Gasteiger partial charge in [0, 0.05) is 5.92 Å². The first-order valence-electron chi connectivity index (χ1n) is 5.04. The molecule has 0 N–H and O–H groups in total. The van der Waals surface area contributed by atoms with Gasteiger partial charge in [0.05, 0.1) is 12.1 Å². The highest BCUT2D eigenvalue weighted by molar-refractivity contribution is 5.81. The number of carbonyl (C=O) groups excluding carboxylic acids is 1. The van der Waals surface area contributed by atoms with Crippen molar-refractivity contribution in [3.05, 3.63) is 0 Å². The van der Waals surface area contributed by atoms with Crippen molar-refractivity contribution in [2.45, 2.75) is 51.6 Å². The summed E-state index contributed by atoms with van der Waals surface area (Å²) in [7, 11) is 0. The predicted octanol–water partition coefficient (Wildman–Crippen LogP) is 1.80. The maximum Gasteiger partial charge on any atom is 0.225 e. The molecule has 2 fully saturated rings. The largest absolute Gasteiger partial charge is 0.332 e. The minimum Gasteiger partial charge on any atom is -0.332 e. The highest BCUT2D eigenvalue weighted by Crippen LogP contribution is 2.41. The highest BCUT2D eigenvalue weighted by atomic mass is 16.2. The second-order valence-electron chi connectivity index (χ2n) is 4.32. The topological polar surface area (TPSA) is 20.1 Å². The zero-order valence-corrected chi connectivity index (χ0v) is 7.92. The van der Waals surface area contributed by atoms with Crippen molar-refractivity contribution in [1.29, 1.82) is 0 Å². The molecule has 1 saturated heterocycles. The third-order valence-electron chi connectivity index (χ3n) is 3.07. The minimum absolute atomic E-state index is 0.190. The summed E-state index contributed by atoms with van der Waals surface area (Å²) < 4.78 is 0. The second-order valence-corrected chi connectivity index (χ2v) is 4.32. The second kappa shape index (κ2) is 2.75. The minimum atomic E-state index is 0.190. The zero-order chi connectivity index (χ0) is 8.72. The smallest absolute Gasteiger partial charge is 0.225 e. The number of hydrogen-bond acceptors (Lipinski definition) is 1. The summed E-state index contributed by atoms with van der Waals surface area (Å²) in [6.45, 7) is 3.99. The third-order valence-corrected chi connectivity index (χ3v) is 3.07. The van der Waals surface area contributed by atoms with Crippen molar-refractivity contribution in [3.8, 4) is 0 Å². The molecule has 0 aromatic carbocycles. The van der Waals surface area contributed by atoms with Gasteiger partial charge in [-0.3, -0.25) is 4.79 Å². The number of fused-ring (bicyclic) bond motifs is 1. The molecule has 2 rings (SSSR count). The Labute approximate surface area is 73.9 Å². The summed E-state index contributed by atoms with van der Waals surface area (Å²) >= 11 is 0. The Hall–Kier alpha value is -0.530. The molecular weight excluding hydrogens is 150 g/mol. The van der Waals surface area contributed by atoms with Gasteiger partial charge in [0.2, 0.25) is 5.91 Å². The standard InChI is InChI=1S/C10H17NO/c1-7(2)10(12)11-8-5-3-4-6-9(8)11/h7-9H,3-6H2,1-2H3. The monoisotopic (exact) mass is 167 g/mol. The van der Waals surface area contributed by atoms with Gasteiger partial charge in [-0.25, -0.2) is 0 Å². The lowest BCUT2D eigenvalue weighted by Crippen LogP contribution is -2.20. The van der Waals surface area contributed by atoms with Crippen LogP contribution in [-0.4, -0.2) is 22.9 Å². The molecule has 1 aliphatic heterocycles. The van der Waals surface area contributed by atoms with Crippen LogP contribution in [0.25, 0.3) is 0 Å². The van der Waals surface area contributed by atoms with Gasteiger partial charge < -0.3 is 4.90 Å². The number of likely N-dealkylation sites (tertiary alicyclic amines) is 1. The molecule has 2 nitrogen and oxygen atoms in total. The van der Waals surface area contributed by atoms with Crippen LogP contribution in [0.2, 0.25) is 0 Å².